The van der Waals surface area contributed by atoms with Gasteiger partial charge >= 0.3 is 12.0 Å². The van der Waals surface area contributed by atoms with Gasteiger partial charge in [0.1, 0.15) is 5.75 Å². The lowest BCUT2D eigenvalue weighted by molar-refractivity contribution is -0.153. The predicted molar refractivity (Wildman–Crippen MR) is 109 cm³/mol. The summed E-state index contributed by atoms with van der Waals surface area (Å²) >= 11 is 6.14. The fourth-order valence-electron chi connectivity index (χ4n) is 2.55. The van der Waals surface area contributed by atoms with Crippen LogP contribution in [0.2, 0.25) is 5.02 Å². The molecule has 2 rings (SSSR count). The first-order chi connectivity index (χ1) is 13.8. The first-order valence-corrected chi connectivity index (χ1v) is 9.12. The number of benzene rings is 2. The Balaban J connectivity index is 1.98. The number of amides is 3. The van der Waals surface area contributed by atoms with Gasteiger partial charge in [0.25, 0.3) is 5.91 Å². The summed E-state index contributed by atoms with van der Waals surface area (Å²) < 4.78 is 10.2. The van der Waals surface area contributed by atoms with Crippen LogP contribution in [0.3, 0.4) is 0 Å². The molecule has 154 valence electrons. The number of nitrogens with two attached hydrogens (primary N) is 1. The van der Waals surface area contributed by atoms with E-state index in [4.69, 9.17) is 26.8 Å². The summed E-state index contributed by atoms with van der Waals surface area (Å²) in [7, 11) is 1.54. The number of anilines is 1. The smallest absolute Gasteiger partial charge is 0.312 e. The highest BCUT2D eigenvalue weighted by Crippen LogP contribution is 2.25. The van der Waals surface area contributed by atoms with Gasteiger partial charge in [0.15, 0.2) is 6.10 Å². The SMILES string of the molecule is COc1ccc(NC(=O)[C@H](C)OC(=O)C[C@H](NC(N)=O)c2ccccc2Cl)cc1. The summed E-state index contributed by atoms with van der Waals surface area (Å²) in [6.45, 7) is 1.45. The third kappa shape index (κ3) is 6.69. The van der Waals surface area contributed by atoms with Gasteiger partial charge in [-0.3, -0.25) is 9.59 Å². The van der Waals surface area contributed by atoms with Crippen LogP contribution >= 0.6 is 11.6 Å². The molecular weight excluding hydrogens is 398 g/mol. The van der Waals surface area contributed by atoms with Crippen LogP contribution in [-0.2, 0) is 14.3 Å². The van der Waals surface area contributed by atoms with Crippen molar-refractivity contribution in [1.82, 2.24) is 5.32 Å². The molecule has 9 heteroatoms. The van der Waals surface area contributed by atoms with Gasteiger partial charge in [-0.15, -0.1) is 0 Å². The molecule has 0 aliphatic rings. The summed E-state index contributed by atoms with van der Waals surface area (Å²) in [6, 6.07) is 11.8. The second-order valence-corrected chi connectivity index (χ2v) is 6.54. The molecule has 2 atom stereocenters. The fourth-order valence-corrected chi connectivity index (χ4v) is 2.82. The van der Waals surface area contributed by atoms with Crippen LogP contribution in [0, 0.1) is 0 Å². The summed E-state index contributed by atoms with van der Waals surface area (Å²) in [5, 5.41) is 5.47. The summed E-state index contributed by atoms with van der Waals surface area (Å²) in [5.41, 5.74) is 6.24. The number of hydrogen-bond donors (Lipinski definition) is 3. The van der Waals surface area contributed by atoms with Gasteiger partial charge in [0, 0.05) is 10.7 Å². The van der Waals surface area contributed by atoms with Gasteiger partial charge in [-0.05, 0) is 42.8 Å². The minimum atomic E-state index is -1.05. The van der Waals surface area contributed by atoms with E-state index in [-0.39, 0.29) is 6.42 Å². The number of hydrogen-bond acceptors (Lipinski definition) is 5. The quantitative estimate of drug-likeness (QED) is 0.568. The number of ether oxygens (including phenoxy) is 2. The highest BCUT2D eigenvalue weighted by Gasteiger charge is 2.24. The van der Waals surface area contributed by atoms with Crippen molar-refractivity contribution in [3.05, 3.63) is 59.1 Å². The molecule has 0 aliphatic heterocycles. The van der Waals surface area contributed by atoms with Crippen LogP contribution in [-0.4, -0.2) is 31.1 Å². The number of carbonyl (C=O) groups excluding carboxylic acids is 3. The van der Waals surface area contributed by atoms with Crippen molar-refractivity contribution in [2.24, 2.45) is 5.73 Å². The van der Waals surface area contributed by atoms with Crippen LogP contribution in [0.4, 0.5) is 10.5 Å². The summed E-state index contributed by atoms with van der Waals surface area (Å²) in [6.07, 6.45) is -1.29. The van der Waals surface area contributed by atoms with Crippen molar-refractivity contribution in [2.75, 3.05) is 12.4 Å². The summed E-state index contributed by atoms with van der Waals surface area (Å²) in [4.78, 5) is 35.9. The number of esters is 1. The second kappa shape index (κ2) is 10.3. The lowest BCUT2D eigenvalue weighted by Gasteiger charge is -2.20. The molecule has 2 aromatic carbocycles. The van der Waals surface area contributed by atoms with Crippen LogP contribution in [0.25, 0.3) is 0 Å². The van der Waals surface area contributed by atoms with E-state index in [2.05, 4.69) is 10.6 Å². The van der Waals surface area contributed by atoms with E-state index in [9.17, 15) is 14.4 Å². The number of urea groups is 1. The molecule has 0 radical (unpaired) electrons. The number of halogens is 1. The number of primary amides is 1. The zero-order valence-corrected chi connectivity index (χ0v) is 16.7. The average Bonchev–Trinajstić information content (AvgIpc) is 2.68. The molecule has 0 saturated carbocycles. The van der Waals surface area contributed by atoms with Crippen LogP contribution in [0.1, 0.15) is 24.9 Å². The van der Waals surface area contributed by atoms with Gasteiger partial charge in [0.2, 0.25) is 0 Å². The van der Waals surface area contributed by atoms with Gasteiger partial charge < -0.3 is 25.8 Å². The first-order valence-electron chi connectivity index (χ1n) is 8.75. The Bertz CT molecular complexity index is 873. The van der Waals surface area contributed by atoms with Crippen molar-refractivity contribution in [1.29, 1.82) is 0 Å². The van der Waals surface area contributed by atoms with Gasteiger partial charge in [-0.25, -0.2) is 4.79 Å². The van der Waals surface area contributed by atoms with E-state index < -0.39 is 30.1 Å². The molecule has 3 amide bonds. The maximum atomic E-state index is 12.3. The molecular formula is C20H22ClN3O5. The maximum absolute atomic E-state index is 12.3. The Morgan fingerprint density at radius 3 is 2.34 bits per heavy atom. The van der Waals surface area contributed by atoms with E-state index in [1.54, 1.807) is 48.5 Å². The first kappa shape index (κ1) is 22.0. The van der Waals surface area contributed by atoms with Crippen molar-refractivity contribution >= 4 is 35.2 Å². The van der Waals surface area contributed by atoms with Crippen molar-refractivity contribution in [3.63, 3.8) is 0 Å². The van der Waals surface area contributed by atoms with Gasteiger partial charge in [0.05, 0.1) is 19.6 Å². The zero-order valence-electron chi connectivity index (χ0n) is 16.0. The lowest BCUT2D eigenvalue weighted by Crippen LogP contribution is -2.36. The molecule has 0 bridgehead atoms. The largest absolute Gasteiger partial charge is 0.497 e. The van der Waals surface area contributed by atoms with Gasteiger partial charge in [-0.2, -0.15) is 0 Å². The molecule has 8 nitrogen and oxygen atoms in total. The van der Waals surface area contributed by atoms with Crippen molar-refractivity contribution < 1.29 is 23.9 Å². The molecule has 0 heterocycles. The van der Waals surface area contributed by atoms with E-state index in [0.29, 0.717) is 22.0 Å². The Hall–Kier alpha value is -3.26. The molecule has 29 heavy (non-hydrogen) atoms. The van der Waals surface area contributed by atoms with Crippen molar-refractivity contribution in [3.8, 4) is 5.75 Å². The Morgan fingerprint density at radius 1 is 1.10 bits per heavy atom. The molecule has 0 aliphatic carbocycles. The molecule has 0 spiro atoms. The maximum Gasteiger partial charge on any atom is 0.312 e. The van der Waals surface area contributed by atoms with E-state index in [1.165, 1.54) is 14.0 Å². The number of rotatable bonds is 8. The number of carbonyl (C=O) groups is 3. The molecule has 4 N–H and O–H groups in total. The Morgan fingerprint density at radius 2 is 1.76 bits per heavy atom. The van der Waals surface area contributed by atoms with Crippen LogP contribution in [0.5, 0.6) is 5.75 Å². The third-order valence-corrected chi connectivity index (χ3v) is 4.35. The number of nitrogens with one attached hydrogen (secondary N) is 2. The average molecular weight is 420 g/mol. The minimum Gasteiger partial charge on any atom is -0.497 e. The van der Waals surface area contributed by atoms with Crippen LogP contribution in [0.15, 0.2) is 48.5 Å². The molecule has 0 fully saturated rings. The number of methoxy groups -OCH3 is 1. The van der Waals surface area contributed by atoms with E-state index in [1.807, 2.05) is 0 Å². The summed E-state index contributed by atoms with van der Waals surface area (Å²) in [5.74, 6) is -0.545. The highest BCUT2D eigenvalue weighted by atomic mass is 35.5. The Labute approximate surface area is 173 Å². The predicted octanol–water partition coefficient (Wildman–Crippen LogP) is 3.02. The Kier molecular flexibility index (Phi) is 7.85. The highest BCUT2D eigenvalue weighted by molar-refractivity contribution is 6.31. The van der Waals surface area contributed by atoms with E-state index in [0.717, 1.165) is 0 Å². The standard InChI is InChI=1S/C20H22ClN3O5/c1-12(19(26)23-13-7-9-14(28-2)10-8-13)29-18(25)11-17(24-20(22)27)15-5-3-4-6-16(15)21/h3-10,12,17H,11H2,1-2H3,(H,23,26)(H3,22,24,27)/t12-,17-/m0/s1. The van der Waals surface area contributed by atoms with Crippen molar-refractivity contribution in [2.45, 2.75) is 25.5 Å². The molecule has 0 saturated heterocycles. The van der Waals surface area contributed by atoms with Gasteiger partial charge in [-0.1, -0.05) is 29.8 Å². The normalized spacial score (nSPS) is 12.4. The monoisotopic (exact) mass is 419 g/mol. The fraction of sp³-hybridized carbons (Fsp3) is 0.250. The minimum absolute atomic E-state index is 0.243. The van der Waals surface area contributed by atoms with E-state index >= 15 is 0 Å². The zero-order chi connectivity index (χ0) is 21.4. The molecule has 0 unspecified atom stereocenters. The molecule has 2 aromatic rings. The molecule has 0 aromatic heterocycles. The lowest BCUT2D eigenvalue weighted by atomic mass is 10.0. The second-order valence-electron chi connectivity index (χ2n) is 6.14. The van der Waals surface area contributed by atoms with Crippen LogP contribution < -0.4 is 21.1 Å². The third-order valence-electron chi connectivity index (χ3n) is 4.00. The topological polar surface area (TPSA) is 120 Å².